The Morgan fingerprint density at radius 1 is 1.47 bits per heavy atom. The number of aromatic nitrogens is 1. The maximum atomic E-state index is 11.0. The number of pyridine rings is 1. The first-order valence-corrected chi connectivity index (χ1v) is 4.27. The fourth-order valence-corrected chi connectivity index (χ4v) is 0.857. The summed E-state index contributed by atoms with van der Waals surface area (Å²) in [5.74, 6) is -1.53. The maximum Gasteiger partial charge on any atom is 0.322 e. The Kier molecular flexibility index (Phi) is 4.03. The van der Waals surface area contributed by atoms with E-state index in [2.05, 4.69) is 10.3 Å². The molecule has 1 rings (SSSR count). The molecule has 0 radical (unpaired) electrons. The first-order chi connectivity index (χ1) is 7.18. The summed E-state index contributed by atoms with van der Waals surface area (Å²) >= 11 is 0. The third-order valence-electron chi connectivity index (χ3n) is 1.51. The Bertz CT molecular complexity index is 374. The summed E-state index contributed by atoms with van der Waals surface area (Å²) < 4.78 is 0. The molecule has 0 bridgehead atoms. The van der Waals surface area contributed by atoms with Crippen LogP contribution in [0.2, 0.25) is 0 Å². The predicted octanol–water partition coefficient (Wildman–Crippen LogP) is 0.296. The first-order valence-electron chi connectivity index (χ1n) is 4.27. The van der Waals surface area contributed by atoms with Crippen LogP contribution in [0.15, 0.2) is 30.5 Å². The molecule has 0 fully saturated rings. The van der Waals surface area contributed by atoms with E-state index < -0.39 is 11.9 Å². The van der Waals surface area contributed by atoms with Crippen LogP contribution in [0.3, 0.4) is 0 Å². The van der Waals surface area contributed by atoms with Crippen LogP contribution >= 0.6 is 0 Å². The van der Waals surface area contributed by atoms with E-state index in [0.29, 0.717) is 5.69 Å². The molecule has 0 aliphatic heterocycles. The minimum Gasteiger partial charge on any atom is -0.480 e. The van der Waals surface area contributed by atoms with Crippen molar-refractivity contribution in [2.45, 2.75) is 0 Å². The number of hydrogen-bond donors (Lipinski definition) is 2. The van der Waals surface area contributed by atoms with E-state index in [1.165, 1.54) is 12.2 Å². The van der Waals surface area contributed by atoms with Crippen molar-refractivity contribution in [3.63, 3.8) is 0 Å². The lowest BCUT2D eigenvalue weighted by atomic mass is 10.3. The van der Waals surface area contributed by atoms with E-state index in [4.69, 9.17) is 5.11 Å². The molecule has 5 nitrogen and oxygen atoms in total. The van der Waals surface area contributed by atoms with Gasteiger partial charge in [-0.3, -0.25) is 14.6 Å². The lowest BCUT2D eigenvalue weighted by Crippen LogP contribution is -2.27. The minimum atomic E-state index is -1.07. The zero-order valence-electron chi connectivity index (χ0n) is 7.88. The summed E-state index contributed by atoms with van der Waals surface area (Å²) in [5, 5.41) is 10.5. The number of nitrogens with zero attached hydrogens (tertiary/aromatic N) is 1. The standard InChI is InChI=1S/C10H10N2O3/c13-9(12-7-10(14)15)5-4-8-3-1-2-6-11-8/h1-6H,7H2,(H,12,13)(H,14,15)/b5-4+. The van der Waals surface area contributed by atoms with Crippen molar-refractivity contribution in [3.8, 4) is 0 Å². The van der Waals surface area contributed by atoms with Gasteiger partial charge in [0.05, 0.1) is 5.69 Å². The van der Waals surface area contributed by atoms with Crippen molar-refractivity contribution < 1.29 is 14.7 Å². The van der Waals surface area contributed by atoms with Gasteiger partial charge in [-0.05, 0) is 18.2 Å². The van der Waals surface area contributed by atoms with Crippen molar-refractivity contribution >= 4 is 18.0 Å². The highest BCUT2D eigenvalue weighted by molar-refractivity contribution is 5.93. The molecule has 2 N–H and O–H groups in total. The van der Waals surface area contributed by atoms with Gasteiger partial charge in [-0.25, -0.2) is 0 Å². The van der Waals surface area contributed by atoms with Gasteiger partial charge in [-0.1, -0.05) is 6.07 Å². The quantitative estimate of drug-likeness (QED) is 0.694. The van der Waals surface area contributed by atoms with Crippen LogP contribution in [0.4, 0.5) is 0 Å². The lowest BCUT2D eigenvalue weighted by Gasteiger charge is -1.95. The van der Waals surface area contributed by atoms with Gasteiger partial charge in [-0.15, -0.1) is 0 Å². The molecule has 1 aromatic rings. The van der Waals surface area contributed by atoms with Gasteiger partial charge in [0.1, 0.15) is 6.54 Å². The molecule has 0 unspecified atom stereocenters. The van der Waals surface area contributed by atoms with Crippen LogP contribution in [-0.4, -0.2) is 28.5 Å². The van der Waals surface area contributed by atoms with Gasteiger partial charge in [0.2, 0.25) is 5.91 Å². The van der Waals surface area contributed by atoms with Gasteiger partial charge >= 0.3 is 5.97 Å². The highest BCUT2D eigenvalue weighted by atomic mass is 16.4. The molecule has 0 saturated carbocycles. The van der Waals surface area contributed by atoms with Gasteiger partial charge in [0.15, 0.2) is 0 Å². The third kappa shape index (κ3) is 4.56. The van der Waals surface area contributed by atoms with Crippen LogP contribution in [-0.2, 0) is 9.59 Å². The maximum absolute atomic E-state index is 11.0. The lowest BCUT2D eigenvalue weighted by molar-refractivity contribution is -0.137. The molecule has 5 heteroatoms. The van der Waals surface area contributed by atoms with E-state index in [9.17, 15) is 9.59 Å². The highest BCUT2D eigenvalue weighted by Gasteiger charge is 1.98. The monoisotopic (exact) mass is 206 g/mol. The van der Waals surface area contributed by atoms with Crippen LogP contribution in [0, 0.1) is 0 Å². The number of amides is 1. The summed E-state index contributed by atoms with van der Waals surface area (Å²) in [6, 6.07) is 5.30. The van der Waals surface area contributed by atoms with Crippen molar-refractivity contribution in [2.75, 3.05) is 6.54 Å². The van der Waals surface area contributed by atoms with Crippen LogP contribution in [0.5, 0.6) is 0 Å². The third-order valence-corrected chi connectivity index (χ3v) is 1.51. The van der Waals surface area contributed by atoms with Gasteiger partial charge < -0.3 is 10.4 Å². The first kappa shape index (κ1) is 10.9. The number of rotatable bonds is 4. The predicted molar refractivity (Wildman–Crippen MR) is 53.9 cm³/mol. The molecule has 0 saturated heterocycles. The summed E-state index contributed by atoms with van der Waals surface area (Å²) in [6.07, 6.45) is 4.36. The Labute approximate surface area is 86.5 Å². The Morgan fingerprint density at radius 3 is 2.87 bits per heavy atom. The highest BCUT2D eigenvalue weighted by Crippen LogP contribution is 1.95. The number of carbonyl (C=O) groups excluding carboxylic acids is 1. The Hall–Kier alpha value is -2.17. The molecule has 78 valence electrons. The van der Waals surface area contributed by atoms with E-state index in [-0.39, 0.29) is 6.54 Å². The molecule has 1 heterocycles. The molecule has 0 spiro atoms. The number of carboxylic acid groups (broad SMARTS) is 1. The zero-order chi connectivity index (χ0) is 11.1. The average molecular weight is 206 g/mol. The number of carbonyl (C=O) groups is 2. The van der Waals surface area contributed by atoms with Crippen molar-refractivity contribution in [3.05, 3.63) is 36.2 Å². The Balaban J connectivity index is 2.44. The van der Waals surface area contributed by atoms with Gasteiger partial charge in [0, 0.05) is 12.3 Å². The molecular weight excluding hydrogens is 196 g/mol. The molecule has 15 heavy (non-hydrogen) atoms. The second-order valence-corrected chi connectivity index (χ2v) is 2.70. The van der Waals surface area contributed by atoms with E-state index >= 15 is 0 Å². The second-order valence-electron chi connectivity index (χ2n) is 2.70. The molecule has 1 aromatic heterocycles. The summed E-state index contributed by atoms with van der Waals surface area (Å²) in [7, 11) is 0. The molecule has 1 amide bonds. The number of carboxylic acids is 1. The van der Waals surface area contributed by atoms with E-state index in [1.54, 1.807) is 24.4 Å². The van der Waals surface area contributed by atoms with Crippen LogP contribution in [0.1, 0.15) is 5.69 Å². The second kappa shape index (κ2) is 5.54. The molecule has 0 aromatic carbocycles. The SMILES string of the molecule is O=C(O)CNC(=O)/C=C/c1ccccn1. The molecule has 0 aliphatic rings. The number of nitrogens with one attached hydrogen (secondary N) is 1. The van der Waals surface area contributed by atoms with E-state index in [0.717, 1.165) is 0 Å². The van der Waals surface area contributed by atoms with Gasteiger partial charge in [0.25, 0.3) is 0 Å². The fourth-order valence-electron chi connectivity index (χ4n) is 0.857. The summed E-state index contributed by atoms with van der Waals surface area (Å²) in [5.41, 5.74) is 0.642. The number of hydrogen-bond acceptors (Lipinski definition) is 3. The van der Waals surface area contributed by atoms with E-state index in [1.807, 2.05) is 0 Å². The van der Waals surface area contributed by atoms with Crippen LogP contribution < -0.4 is 5.32 Å². The smallest absolute Gasteiger partial charge is 0.322 e. The summed E-state index contributed by atoms with van der Waals surface area (Å²) in [4.78, 5) is 25.1. The zero-order valence-corrected chi connectivity index (χ0v) is 7.88. The van der Waals surface area contributed by atoms with Gasteiger partial charge in [-0.2, -0.15) is 0 Å². The van der Waals surface area contributed by atoms with Crippen molar-refractivity contribution in [2.24, 2.45) is 0 Å². The van der Waals surface area contributed by atoms with Crippen molar-refractivity contribution in [1.29, 1.82) is 0 Å². The topological polar surface area (TPSA) is 79.3 Å². The normalized spacial score (nSPS) is 10.1. The Morgan fingerprint density at radius 2 is 2.27 bits per heavy atom. The number of aliphatic carboxylic acids is 1. The molecular formula is C10H10N2O3. The fraction of sp³-hybridized carbons (Fsp3) is 0.100. The average Bonchev–Trinajstić information content (AvgIpc) is 2.25. The van der Waals surface area contributed by atoms with Crippen LogP contribution in [0.25, 0.3) is 6.08 Å². The largest absolute Gasteiger partial charge is 0.480 e. The molecule has 0 aliphatic carbocycles. The minimum absolute atomic E-state index is 0.384. The summed E-state index contributed by atoms with van der Waals surface area (Å²) in [6.45, 7) is -0.384. The molecule has 0 atom stereocenters. The van der Waals surface area contributed by atoms with Crippen molar-refractivity contribution in [1.82, 2.24) is 10.3 Å².